The van der Waals surface area contributed by atoms with Gasteiger partial charge in [0.05, 0.1) is 23.8 Å². The first-order chi connectivity index (χ1) is 14.0. The molecule has 0 atom stereocenters. The number of aromatic nitrogens is 4. The van der Waals surface area contributed by atoms with Gasteiger partial charge < -0.3 is 0 Å². The van der Waals surface area contributed by atoms with E-state index < -0.39 is 23.3 Å². The molecule has 4 nitrogen and oxygen atoms in total. The molecule has 0 amide bonds. The molecule has 0 radical (unpaired) electrons. The third kappa shape index (κ3) is 4.11. The zero-order chi connectivity index (χ0) is 20.4. The van der Waals surface area contributed by atoms with Crippen molar-refractivity contribution in [3.63, 3.8) is 0 Å². The van der Waals surface area contributed by atoms with Gasteiger partial charge in [0.25, 0.3) is 0 Å². The van der Waals surface area contributed by atoms with Gasteiger partial charge >= 0.3 is 0 Å². The minimum atomic E-state index is -0.812. The maximum Gasteiger partial charge on any atom is 0.153 e. The minimum absolute atomic E-state index is 0.0625. The van der Waals surface area contributed by atoms with Crippen molar-refractivity contribution in [2.75, 3.05) is 0 Å². The van der Waals surface area contributed by atoms with Crippen LogP contribution in [0.4, 0.5) is 17.6 Å². The van der Waals surface area contributed by atoms with Crippen molar-refractivity contribution in [3.8, 4) is 22.8 Å². The van der Waals surface area contributed by atoms with Gasteiger partial charge in [0.15, 0.2) is 11.6 Å². The number of halogens is 4. The molecule has 29 heavy (non-hydrogen) atoms. The Balaban J connectivity index is 1.63. The summed E-state index contributed by atoms with van der Waals surface area (Å²) in [5.41, 5.74) is 1.50. The molecule has 144 valence electrons. The number of rotatable bonds is 4. The van der Waals surface area contributed by atoms with Gasteiger partial charge in [0.1, 0.15) is 23.0 Å². The van der Waals surface area contributed by atoms with E-state index in [2.05, 4.69) is 19.9 Å². The SMILES string of the molecule is Fc1cnc(-c2cccc(Cc3cccc(-c4ncc(F)cc4F)n3)n2)c(F)c1. The van der Waals surface area contributed by atoms with E-state index in [1.54, 1.807) is 36.4 Å². The second-order valence-electron chi connectivity index (χ2n) is 6.17. The van der Waals surface area contributed by atoms with Crippen molar-refractivity contribution < 1.29 is 17.6 Å². The van der Waals surface area contributed by atoms with E-state index in [-0.39, 0.29) is 29.2 Å². The molecule has 0 unspecified atom stereocenters. The maximum atomic E-state index is 14.0. The van der Waals surface area contributed by atoms with Gasteiger partial charge in [0.2, 0.25) is 0 Å². The van der Waals surface area contributed by atoms with Gasteiger partial charge in [0, 0.05) is 29.9 Å². The second-order valence-corrected chi connectivity index (χ2v) is 6.17. The lowest BCUT2D eigenvalue weighted by atomic mass is 10.1. The van der Waals surface area contributed by atoms with Crippen molar-refractivity contribution in [1.29, 1.82) is 0 Å². The first-order valence-corrected chi connectivity index (χ1v) is 8.54. The summed E-state index contributed by atoms with van der Waals surface area (Å²) in [5, 5.41) is 0. The van der Waals surface area contributed by atoms with Gasteiger partial charge in [-0.05, 0) is 24.3 Å². The summed E-state index contributed by atoms with van der Waals surface area (Å²) in [6.07, 6.45) is 2.11. The monoisotopic (exact) mass is 396 g/mol. The Labute approximate surface area is 163 Å². The lowest BCUT2D eigenvalue weighted by molar-refractivity contribution is 0.575. The standard InChI is InChI=1S/C21H12F4N4/c22-12-7-16(24)20(26-10-12)18-5-1-3-14(28-18)9-15-4-2-6-19(29-15)21-17(25)8-13(23)11-27-21/h1-8,10-11H,9H2. The molecule has 4 rings (SSSR count). The highest BCUT2D eigenvalue weighted by Gasteiger charge is 2.13. The molecule has 0 bridgehead atoms. The Kier molecular flexibility index (Phi) is 4.99. The van der Waals surface area contributed by atoms with E-state index in [4.69, 9.17) is 0 Å². The van der Waals surface area contributed by atoms with Crippen LogP contribution in [0.15, 0.2) is 60.9 Å². The van der Waals surface area contributed by atoms with Crippen LogP contribution in [0.5, 0.6) is 0 Å². The Morgan fingerprint density at radius 3 is 1.48 bits per heavy atom. The Hall–Kier alpha value is -3.68. The van der Waals surface area contributed by atoms with Gasteiger partial charge in [-0.1, -0.05) is 12.1 Å². The molecule has 0 aliphatic carbocycles. The van der Waals surface area contributed by atoms with Crippen molar-refractivity contribution >= 4 is 0 Å². The van der Waals surface area contributed by atoms with E-state index >= 15 is 0 Å². The Morgan fingerprint density at radius 1 is 0.621 bits per heavy atom. The smallest absolute Gasteiger partial charge is 0.153 e. The largest absolute Gasteiger partial charge is 0.251 e. The lowest BCUT2D eigenvalue weighted by Crippen LogP contribution is -2.00. The second kappa shape index (κ2) is 7.75. The fourth-order valence-electron chi connectivity index (χ4n) is 2.81. The average molecular weight is 396 g/mol. The van der Waals surface area contributed by atoms with E-state index in [0.717, 1.165) is 24.5 Å². The molecule has 0 spiro atoms. The summed E-state index contributed by atoms with van der Waals surface area (Å²) < 4.78 is 54.1. The molecule has 0 fully saturated rings. The number of nitrogens with zero attached hydrogens (tertiary/aromatic N) is 4. The summed E-state index contributed by atoms with van der Waals surface area (Å²) in [6, 6.07) is 11.4. The summed E-state index contributed by atoms with van der Waals surface area (Å²) in [4.78, 5) is 16.2. The molecular weight excluding hydrogens is 384 g/mol. The molecule has 4 aromatic heterocycles. The van der Waals surface area contributed by atoms with E-state index in [1.807, 2.05) is 0 Å². The van der Waals surface area contributed by atoms with Crippen LogP contribution in [0.3, 0.4) is 0 Å². The summed E-state index contributed by atoms with van der Waals surface area (Å²) >= 11 is 0. The third-order valence-corrected chi connectivity index (χ3v) is 4.08. The van der Waals surface area contributed by atoms with Crippen LogP contribution in [0.2, 0.25) is 0 Å². The van der Waals surface area contributed by atoms with Crippen molar-refractivity contribution in [2.24, 2.45) is 0 Å². The number of hydrogen-bond donors (Lipinski definition) is 0. The molecule has 0 saturated carbocycles. The highest BCUT2D eigenvalue weighted by atomic mass is 19.1. The predicted octanol–water partition coefficient (Wildman–Crippen LogP) is 4.75. The highest BCUT2D eigenvalue weighted by molar-refractivity contribution is 5.56. The first-order valence-electron chi connectivity index (χ1n) is 8.54. The molecule has 0 saturated heterocycles. The van der Waals surface area contributed by atoms with Crippen molar-refractivity contribution in [2.45, 2.75) is 6.42 Å². The number of hydrogen-bond acceptors (Lipinski definition) is 4. The van der Waals surface area contributed by atoms with Crippen molar-refractivity contribution in [3.05, 3.63) is 95.6 Å². The van der Waals surface area contributed by atoms with Crippen LogP contribution < -0.4 is 0 Å². The molecule has 0 aliphatic heterocycles. The van der Waals surface area contributed by atoms with E-state index in [9.17, 15) is 17.6 Å². The van der Waals surface area contributed by atoms with Gasteiger partial charge in [-0.2, -0.15) is 0 Å². The quantitative estimate of drug-likeness (QED) is 0.467. The lowest BCUT2D eigenvalue weighted by Gasteiger charge is -2.07. The van der Waals surface area contributed by atoms with E-state index in [0.29, 0.717) is 11.4 Å². The minimum Gasteiger partial charge on any atom is -0.251 e. The Morgan fingerprint density at radius 2 is 1.07 bits per heavy atom. The first kappa shape index (κ1) is 18.7. The average Bonchev–Trinajstić information content (AvgIpc) is 2.68. The van der Waals surface area contributed by atoms with Crippen LogP contribution in [0, 0.1) is 23.3 Å². The molecule has 4 heterocycles. The fourth-order valence-corrected chi connectivity index (χ4v) is 2.81. The highest BCUT2D eigenvalue weighted by Crippen LogP contribution is 2.22. The maximum absolute atomic E-state index is 14.0. The topological polar surface area (TPSA) is 51.6 Å². The van der Waals surface area contributed by atoms with Crippen LogP contribution in [-0.4, -0.2) is 19.9 Å². The van der Waals surface area contributed by atoms with Gasteiger partial charge in [-0.25, -0.2) is 27.5 Å². The third-order valence-electron chi connectivity index (χ3n) is 4.08. The zero-order valence-corrected chi connectivity index (χ0v) is 14.8. The van der Waals surface area contributed by atoms with Crippen molar-refractivity contribution in [1.82, 2.24) is 19.9 Å². The summed E-state index contributed by atoms with van der Waals surface area (Å²) in [7, 11) is 0. The van der Waals surface area contributed by atoms with Gasteiger partial charge in [-0.15, -0.1) is 0 Å². The van der Waals surface area contributed by atoms with Crippen LogP contribution in [0.1, 0.15) is 11.4 Å². The normalized spacial score (nSPS) is 10.9. The molecule has 8 heteroatoms. The van der Waals surface area contributed by atoms with E-state index in [1.165, 1.54) is 0 Å². The summed E-state index contributed by atoms with van der Waals surface area (Å²) in [6.45, 7) is 0. The molecule has 4 aromatic rings. The summed E-state index contributed by atoms with van der Waals surface area (Å²) in [5.74, 6) is -3.17. The zero-order valence-electron chi connectivity index (χ0n) is 14.8. The predicted molar refractivity (Wildman–Crippen MR) is 97.6 cm³/mol. The molecular formula is C21H12F4N4. The fraction of sp³-hybridized carbons (Fsp3) is 0.0476. The Bertz CT molecular complexity index is 1100. The number of pyridine rings is 4. The molecule has 0 aliphatic rings. The van der Waals surface area contributed by atoms with Crippen LogP contribution in [-0.2, 0) is 6.42 Å². The molecule has 0 aromatic carbocycles. The van der Waals surface area contributed by atoms with Crippen LogP contribution in [0.25, 0.3) is 22.8 Å². The van der Waals surface area contributed by atoms with Crippen LogP contribution >= 0.6 is 0 Å². The van der Waals surface area contributed by atoms with Gasteiger partial charge in [-0.3, -0.25) is 9.97 Å². The molecule has 0 N–H and O–H groups in total.